The van der Waals surface area contributed by atoms with Crippen LogP contribution in [0.3, 0.4) is 0 Å². The van der Waals surface area contributed by atoms with Crippen LogP contribution in [0.4, 0.5) is 0 Å². The molecule has 0 unspecified atom stereocenters. The van der Waals surface area contributed by atoms with Gasteiger partial charge in [0.2, 0.25) is 17.6 Å². The molecule has 0 atom stereocenters. The number of aromatic hydroxyl groups is 1. The van der Waals surface area contributed by atoms with Gasteiger partial charge in [0.1, 0.15) is 11.5 Å². The van der Waals surface area contributed by atoms with Crippen molar-refractivity contribution in [2.75, 3.05) is 6.61 Å². The lowest BCUT2D eigenvalue weighted by Crippen LogP contribution is -2.13. The normalized spacial score (nSPS) is 10.9. The Morgan fingerprint density at radius 1 is 1.06 bits per heavy atom. The first-order valence-corrected chi connectivity index (χ1v) is 10.2. The summed E-state index contributed by atoms with van der Waals surface area (Å²) >= 11 is 0. The molecule has 32 heavy (non-hydrogen) atoms. The first-order chi connectivity index (χ1) is 15.5. The average molecular weight is 434 g/mol. The van der Waals surface area contributed by atoms with Gasteiger partial charge in [0.25, 0.3) is 0 Å². The molecule has 2 N–H and O–H groups in total. The van der Waals surface area contributed by atoms with E-state index >= 15 is 0 Å². The Morgan fingerprint density at radius 2 is 1.81 bits per heavy atom. The quantitative estimate of drug-likeness (QED) is 0.381. The van der Waals surface area contributed by atoms with Crippen LogP contribution in [-0.4, -0.2) is 27.5 Å². The number of carbonyl (C=O) groups is 1. The molecular formula is C24H22N2O6. The van der Waals surface area contributed by atoms with Gasteiger partial charge in [-0.1, -0.05) is 30.3 Å². The van der Waals surface area contributed by atoms with Crippen LogP contribution in [-0.2, 0) is 12.8 Å². The monoisotopic (exact) mass is 434 g/mol. The molecule has 0 saturated carbocycles. The van der Waals surface area contributed by atoms with Crippen molar-refractivity contribution in [3.05, 3.63) is 87.9 Å². The van der Waals surface area contributed by atoms with E-state index in [2.05, 4.69) is 9.97 Å². The Morgan fingerprint density at radius 3 is 2.50 bits per heavy atom. The third-order valence-electron chi connectivity index (χ3n) is 4.94. The number of nitrogens with one attached hydrogen (secondary N) is 1. The maximum atomic E-state index is 12.6. The zero-order valence-corrected chi connectivity index (χ0v) is 17.5. The molecule has 4 aromatic rings. The Kier molecular flexibility index (Phi) is 6.21. The number of Topliss-reactive ketones (excluding diaryl/α,β-unsaturated/α-hetero) is 1. The number of nitrogens with zero attached hydrogens (tertiary/aromatic N) is 1. The Bertz CT molecular complexity index is 1250. The summed E-state index contributed by atoms with van der Waals surface area (Å²) in [5, 5.41) is 9.52. The fraction of sp³-hybridized carbons (Fsp3) is 0.208. The smallest absolute Gasteiger partial charge is 0.419 e. The van der Waals surface area contributed by atoms with Gasteiger partial charge in [-0.2, -0.15) is 0 Å². The van der Waals surface area contributed by atoms with Gasteiger partial charge in [-0.15, -0.1) is 0 Å². The fourth-order valence-electron chi connectivity index (χ4n) is 3.30. The molecule has 2 heterocycles. The van der Waals surface area contributed by atoms with Crippen LogP contribution < -0.4 is 10.5 Å². The number of benzene rings is 2. The molecule has 164 valence electrons. The zero-order valence-electron chi connectivity index (χ0n) is 17.5. The summed E-state index contributed by atoms with van der Waals surface area (Å²) < 4.78 is 16.1. The van der Waals surface area contributed by atoms with Crippen LogP contribution >= 0.6 is 0 Å². The van der Waals surface area contributed by atoms with Crippen molar-refractivity contribution in [3.63, 3.8) is 0 Å². The van der Waals surface area contributed by atoms with Gasteiger partial charge >= 0.3 is 5.76 Å². The highest BCUT2D eigenvalue weighted by molar-refractivity contribution is 5.96. The van der Waals surface area contributed by atoms with Crippen molar-refractivity contribution >= 4 is 5.78 Å². The van der Waals surface area contributed by atoms with Gasteiger partial charge in [0.15, 0.2) is 18.1 Å². The summed E-state index contributed by atoms with van der Waals surface area (Å²) in [5.41, 5.74) is 2.13. The molecule has 0 spiro atoms. The van der Waals surface area contributed by atoms with Crippen LogP contribution in [0.2, 0.25) is 0 Å². The second-order valence-electron chi connectivity index (χ2n) is 7.29. The number of aromatic nitrogens is 2. The average Bonchev–Trinajstić information content (AvgIpc) is 3.34. The highest BCUT2D eigenvalue weighted by Gasteiger charge is 2.18. The largest absolute Gasteiger partial charge is 0.492 e. The van der Waals surface area contributed by atoms with E-state index in [0.29, 0.717) is 30.2 Å². The van der Waals surface area contributed by atoms with E-state index in [1.807, 2.05) is 42.5 Å². The van der Waals surface area contributed by atoms with Crippen LogP contribution in [0.1, 0.15) is 34.0 Å². The summed E-state index contributed by atoms with van der Waals surface area (Å²) in [7, 11) is 0. The minimum atomic E-state index is -0.661. The number of hydrogen-bond donors (Lipinski definition) is 2. The van der Waals surface area contributed by atoms with Gasteiger partial charge in [-0.25, -0.2) is 9.78 Å². The second-order valence-corrected chi connectivity index (χ2v) is 7.29. The molecule has 0 bridgehead atoms. The van der Waals surface area contributed by atoms with Crippen molar-refractivity contribution in [2.24, 2.45) is 0 Å². The standard InChI is InChI=1S/C24H22N2O6/c1-15-21(25-23(31-15)17-7-3-2-4-8-17)19(27)14-30-18-12-10-16(11-13-18)6-5-9-20-22(28)26-24(29)32-20/h2-4,7-8,10-13,28H,5-6,9,14H2,1H3,(H,26,29). The minimum absolute atomic E-state index is 0.146. The second kappa shape index (κ2) is 9.38. The molecule has 2 aromatic carbocycles. The number of oxazole rings is 2. The molecule has 0 aliphatic heterocycles. The van der Waals surface area contributed by atoms with Crippen LogP contribution in [0.25, 0.3) is 11.5 Å². The lowest BCUT2D eigenvalue weighted by molar-refractivity contribution is 0.0915. The summed E-state index contributed by atoms with van der Waals surface area (Å²) in [5.74, 6) is 0.547. The number of ketones is 1. The maximum Gasteiger partial charge on any atom is 0.419 e. The molecule has 0 aliphatic carbocycles. The molecule has 0 aliphatic rings. The van der Waals surface area contributed by atoms with E-state index < -0.39 is 5.76 Å². The van der Waals surface area contributed by atoms with Gasteiger partial charge in [0.05, 0.1) is 0 Å². The summed E-state index contributed by atoms with van der Waals surface area (Å²) in [4.78, 5) is 30.1. The number of aryl methyl sites for hydroxylation is 3. The molecule has 0 radical (unpaired) electrons. The molecule has 0 amide bonds. The van der Waals surface area contributed by atoms with Crippen molar-refractivity contribution in [3.8, 4) is 23.1 Å². The Hall–Kier alpha value is -4.07. The number of aromatic amines is 1. The van der Waals surface area contributed by atoms with Crippen LogP contribution in [0.5, 0.6) is 11.6 Å². The molecule has 0 saturated heterocycles. The molecule has 2 aromatic heterocycles. The Labute approximate surface area is 183 Å². The predicted molar refractivity (Wildman–Crippen MR) is 116 cm³/mol. The summed E-state index contributed by atoms with van der Waals surface area (Å²) in [6.07, 6.45) is 1.87. The maximum absolute atomic E-state index is 12.6. The van der Waals surface area contributed by atoms with Crippen LogP contribution in [0, 0.1) is 6.92 Å². The molecule has 4 rings (SSSR count). The number of carbonyl (C=O) groups excluding carboxylic acids is 1. The Balaban J connectivity index is 1.29. The number of ether oxygens (including phenoxy) is 1. The number of H-pyrrole nitrogens is 1. The van der Waals surface area contributed by atoms with Crippen LogP contribution in [0.15, 0.2) is 68.2 Å². The van der Waals surface area contributed by atoms with Crippen molar-refractivity contribution < 1.29 is 23.5 Å². The zero-order chi connectivity index (χ0) is 22.5. The third kappa shape index (κ3) is 4.97. The van der Waals surface area contributed by atoms with Gasteiger partial charge in [-0.05, 0) is 49.6 Å². The van der Waals surface area contributed by atoms with E-state index in [1.54, 1.807) is 19.1 Å². The van der Waals surface area contributed by atoms with Crippen molar-refractivity contribution in [2.45, 2.75) is 26.2 Å². The van der Waals surface area contributed by atoms with Crippen molar-refractivity contribution in [1.82, 2.24) is 9.97 Å². The predicted octanol–water partition coefficient (Wildman–Crippen LogP) is 4.07. The molecule has 8 nitrogen and oxygen atoms in total. The van der Waals surface area contributed by atoms with Gasteiger partial charge < -0.3 is 18.7 Å². The number of rotatable bonds is 9. The van der Waals surface area contributed by atoms with E-state index in [1.165, 1.54) is 0 Å². The highest BCUT2D eigenvalue weighted by atomic mass is 16.5. The van der Waals surface area contributed by atoms with E-state index in [0.717, 1.165) is 17.5 Å². The first kappa shape index (κ1) is 21.2. The van der Waals surface area contributed by atoms with Crippen molar-refractivity contribution in [1.29, 1.82) is 0 Å². The van der Waals surface area contributed by atoms with Gasteiger partial charge in [0, 0.05) is 12.0 Å². The molecule has 0 fully saturated rings. The lowest BCUT2D eigenvalue weighted by atomic mass is 10.1. The molecule has 8 heteroatoms. The summed E-state index contributed by atoms with van der Waals surface area (Å²) in [6, 6.07) is 16.8. The minimum Gasteiger partial charge on any atom is -0.492 e. The first-order valence-electron chi connectivity index (χ1n) is 10.2. The third-order valence-corrected chi connectivity index (χ3v) is 4.94. The topological polar surface area (TPSA) is 119 Å². The highest BCUT2D eigenvalue weighted by Crippen LogP contribution is 2.22. The molecular weight excluding hydrogens is 412 g/mol. The SMILES string of the molecule is Cc1oc(-c2ccccc2)nc1C(=O)COc1ccc(CCCc2oc(=O)[nH]c2O)cc1. The lowest BCUT2D eigenvalue weighted by Gasteiger charge is -2.06. The van der Waals surface area contributed by atoms with E-state index in [9.17, 15) is 14.7 Å². The summed E-state index contributed by atoms with van der Waals surface area (Å²) in [6.45, 7) is 1.56. The number of hydrogen-bond acceptors (Lipinski definition) is 7. The van der Waals surface area contributed by atoms with E-state index in [4.69, 9.17) is 13.6 Å². The van der Waals surface area contributed by atoms with Gasteiger partial charge in [-0.3, -0.25) is 9.78 Å². The van der Waals surface area contributed by atoms with E-state index in [-0.39, 0.29) is 29.7 Å². The fourth-order valence-corrected chi connectivity index (χ4v) is 3.30.